The molecule has 0 aromatic rings. The summed E-state index contributed by atoms with van der Waals surface area (Å²) >= 11 is 0. The first-order chi connectivity index (χ1) is 8.77. The van der Waals surface area contributed by atoms with Gasteiger partial charge in [0.2, 0.25) is 6.41 Å². The highest BCUT2D eigenvalue weighted by Gasteiger charge is 2.24. The highest BCUT2D eigenvalue weighted by molar-refractivity contribution is 5.42. The number of nitrogens with zero attached hydrogens (tertiary/aromatic N) is 1. The van der Waals surface area contributed by atoms with E-state index >= 15 is 0 Å². The Hall–Kier alpha value is -0.610. The van der Waals surface area contributed by atoms with Crippen LogP contribution in [-0.4, -0.2) is 43.7 Å². The highest BCUT2D eigenvalue weighted by atomic mass is 16.5. The van der Waals surface area contributed by atoms with Crippen LogP contribution in [0.5, 0.6) is 0 Å². The molecule has 1 saturated heterocycles. The number of nitrogens with two attached hydrogens (primary N) is 1. The molecule has 1 amide bonds. The van der Waals surface area contributed by atoms with Gasteiger partial charge in [-0.2, -0.15) is 0 Å². The maximum atomic E-state index is 8.58. The minimum atomic E-state index is 0.250. The SMILES string of the molecule is CC.CC1CCC(N2CCOCC2)CC1.NC=O. The number of amides is 1. The van der Waals surface area contributed by atoms with Crippen LogP contribution in [0.15, 0.2) is 0 Å². The van der Waals surface area contributed by atoms with E-state index in [2.05, 4.69) is 17.6 Å². The molecule has 0 atom stereocenters. The van der Waals surface area contributed by atoms with E-state index in [0.29, 0.717) is 0 Å². The molecule has 108 valence electrons. The number of hydrogen-bond donors (Lipinski definition) is 1. The van der Waals surface area contributed by atoms with E-state index in [1.54, 1.807) is 0 Å². The number of primary amides is 1. The minimum Gasteiger partial charge on any atom is -0.379 e. The van der Waals surface area contributed by atoms with Gasteiger partial charge in [0.1, 0.15) is 0 Å². The van der Waals surface area contributed by atoms with E-state index in [1.165, 1.54) is 38.8 Å². The molecule has 1 aliphatic heterocycles. The molecule has 1 aliphatic carbocycles. The zero-order valence-corrected chi connectivity index (χ0v) is 12.2. The van der Waals surface area contributed by atoms with Crippen molar-refractivity contribution in [2.45, 2.75) is 52.5 Å². The van der Waals surface area contributed by atoms with Crippen LogP contribution in [0, 0.1) is 5.92 Å². The average Bonchev–Trinajstić information content (AvgIpc) is 2.44. The summed E-state index contributed by atoms with van der Waals surface area (Å²) in [6.07, 6.45) is 5.95. The summed E-state index contributed by atoms with van der Waals surface area (Å²) in [5.41, 5.74) is 4.17. The van der Waals surface area contributed by atoms with Crippen LogP contribution in [0.4, 0.5) is 0 Å². The molecule has 0 unspecified atom stereocenters. The smallest absolute Gasteiger partial charge is 0.204 e. The lowest BCUT2D eigenvalue weighted by atomic mass is 9.86. The molecule has 0 aromatic heterocycles. The van der Waals surface area contributed by atoms with Crippen molar-refractivity contribution in [3.63, 3.8) is 0 Å². The number of carbonyl (C=O) groups is 1. The molecule has 0 bridgehead atoms. The number of carbonyl (C=O) groups excluding carboxylic acids is 1. The van der Waals surface area contributed by atoms with Gasteiger partial charge in [0, 0.05) is 19.1 Å². The molecule has 0 aromatic carbocycles. The van der Waals surface area contributed by atoms with Crippen molar-refractivity contribution < 1.29 is 9.53 Å². The fourth-order valence-corrected chi connectivity index (χ4v) is 2.55. The zero-order valence-electron chi connectivity index (χ0n) is 12.2. The minimum absolute atomic E-state index is 0.250. The summed E-state index contributed by atoms with van der Waals surface area (Å²) in [6, 6.07) is 0.875. The van der Waals surface area contributed by atoms with Crippen LogP contribution >= 0.6 is 0 Å². The summed E-state index contributed by atoms with van der Waals surface area (Å²) in [5.74, 6) is 0.970. The molecule has 2 N–H and O–H groups in total. The van der Waals surface area contributed by atoms with E-state index in [4.69, 9.17) is 9.53 Å². The fraction of sp³-hybridized carbons (Fsp3) is 0.929. The second-order valence-electron chi connectivity index (χ2n) is 4.70. The van der Waals surface area contributed by atoms with E-state index in [9.17, 15) is 0 Å². The zero-order chi connectivity index (χ0) is 13.8. The van der Waals surface area contributed by atoms with E-state index in [1.807, 2.05) is 13.8 Å². The van der Waals surface area contributed by atoms with Gasteiger partial charge in [0.25, 0.3) is 0 Å². The number of rotatable bonds is 1. The van der Waals surface area contributed by atoms with Crippen molar-refractivity contribution in [1.82, 2.24) is 4.90 Å². The topological polar surface area (TPSA) is 55.6 Å². The lowest BCUT2D eigenvalue weighted by Gasteiger charge is -2.38. The van der Waals surface area contributed by atoms with E-state index < -0.39 is 0 Å². The van der Waals surface area contributed by atoms with Gasteiger partial charge in [-0.25, -0.2) is 0 Å². The quantitative estimate of drug-likeness (QED) is 0.732. The van der Waals surface area contributed by atoms with Gasteiger partial charge in [-0.3, -0.25) is 9.69 Å². The molecule has 2 rings (SSSR count). The van der Waals surface area contributed by atoms with Gasteiger partial charge in [-0.1, -0.05) is 20.8 Å². The van der Waals surface area contributed by atoms with Crippen LogP contribution < -0.4 is 5.73 Å². The van der Waals surface area contributed by atoms with Gasteiger partial charge in [-0.05, 0) is 31.6 Å². The van der Waals surface area contributed by atoms with Crippen molar-refractivity contribution >= 4 is 6.41 Å². The third-order valence-corrected chi connectivity index (χ3v) is 3.55. The van der Waals surface area contributed by atoms with Gasteiger partial charge in [0.05, 0.1) is 13.2 Å². The summed E-state index contributed by atoms with van der Waals surface area (Å²) < 4.78 is 5.37. The van der Waals surface area contributed by atoms with Crippen LogP contribution in [0.25, 0.3) is 0 Å². The van der Waals surface area contributed by atoms with Crippen molar-refractivity contribution in [2.75, 3.05) is 26.3 Å². The monoisotopic (exact) mass is 258 g/mol. The summed E-state index contributed by atoms with van der Waals surface area (Å²) in [6.45, 7) is 10.6. The maximum absolute atomic E-state index is 8.58. The molecule has 1 saturated carbocycles. The Morgan fingerprint density at radius 2 is 1.56 bits per heavy atom. The number of ether oxygens (including phenoxy) is 1. The summed E-state index contributed by atoms with van der Waals surface area (Å²) in [7, 11) is 0. The lowest BCUT2D eigenvalue weighted by Crippen LogP contribution is -2.44. The Labute approximate surface area is 112 Å². The van der Waals surface area contributed by atoms with Crippen LogP contribution in [-0.2, 0) is 9.53 Å². The van der Waals surface area contributed by atoms with Crippen LogP contribution in [0.1, 0.15) is 46.5 Å². The van der Waals surface area contributed by atoms with Crippen LogP contribution in [0.3, 0.4) is 0 Å². The van der Waals surface area contributed by atoms with Crippen molar-refractivity contribution in [2.24, 2.45) is 11.7 Å². The van der Waals surface area contributed by atoms with E-state index in [-0.39, 0.29) is 6.41 Å². The molecule has 0 radical (unpaired) electrons. The Morgan fingerprint density at radius 3 is 2.00 bits per heavy atom. The van der Waals surface area contributed by atoms with E-state index in [0.717, 1.165) is 25.2 Å². The van der Waals surface area contributed by atoms with Gasteiger partial charge < -0.3 is 10.5 Å². The fourth-order valence-electron chi connectivity index (χ4n) is 2.55. The lowest BCUT2D eigenvalue weighted by molar-refractivity contribution is -0.106. The molecule has 4 nitrogen and oxygen atoms in total. The first-order valence-corrected chi connectivity index (χ1v) is 7.25. The van der Waals surface area contributed by atoms with Crippen molar-refractivity contribution in [3.8, 4) is 0 Å². The third-order valence-electron chi connectivity index (χ3n) is 3.55. The number of hydrogen-bond acceptors (Lipinski definition) is 3. The standard InChI is InChI=1S/C11H21NO.C2H6.CH3NO/c1-10-2-4-11(5-3-10)12-6-8-13-9-7-12;1-2;2-1-3/h10-11H,2-9H2,1H3;1-2H3;1H,(H2,2,3). The van der Waals surface area contributed by atoms with Gasteiger partial charge >= 0.3 is 0 Å². The molecular formula is C14H30N2O2. The maximum Gasteiger partial charge on any atom is 0.204 e. The largest absolute Gasteiger partial charge is 0.379 e. The molecular weight excluding hydrogens is 228 g/mol. The second kappa shape index (κ2) is 11.5. The van der Waals surface area contributed by atoms with Gasteiger partial charge in [-0.15, -0.1) is 0 Å². The third kappa shape index (κ3) is 6.97. The van der Waals surface area contributed by atoms with Crippen molar-refractivity contribution in [1.29, 1.82) is 0 Å². The normalized spacial score (nSPS) is 28.2. The molecule has 2 aliphatic rings. The summed E-state index contributed by atoms with van der Waals surface area (Å²) in [5, 5.41) is 0. The highest BCUT2D eigenvalue weighted by Crippen LogP contribution is 2.27. The average molecular weight is 258 g/mol. The first kappa shape index (κ1) is 17.4. The summed E-state index contributed by atoms with van der Waals surface area (Å²) in [4.78, 5) is 11.2. The van der Waals surface area contributed by atoms with Crippen molar-refractivity contribution in [3.05, 3.63) is 0 Å². The second-order valence-corrected chi connectivity index (χ2v) is 4.70. The Balaban J connectivity index is 0.000000509. The first-order valence-electron chi connectivity index (χ1n) is 7.25. The molecule has 4 heteroatoms. The van der Waals surface area contributed by atoms with Gasteiger partial charge in [0.15, 0.2) is 0 Å². The Bertz CT molecular complexity index is 186. The predicted octanol–water partition coefficient (Wildman–Crippen LogP) is 2.03. The Morgan fingerprint density at radius 1 is 1.11 bits per heavy atom. The van der Waals surface area contributed by atoms with Crippen LogP contribution in [0.2, 0.25) is 0 Å². The number of morpholine rings is 1. The molecule has 1 heterocycles. The Kier molecular flexibility index (Phi) is 11.1. The predicted molar refractivity (Wildman–Crippen MR) is 75.4 cm³/mol. The molecule has 0 spiro atoms. The molecule has 18 heavy (non-hydrogen) atoms. The molecule has 2 fully saturated rings.